The first-order chi connectivity index (χ1) is 8.63. The van der Waals surface area contributed by atoms with E-state index in [1.54, 1.807) is 5.38 Å². The van der Waals surface area contributed by atoms with Crippen molar-refractivity contribution in [3.05, 3.63) is 27.1 Å². The standard InChI is InChI=1S/C11H15N3O3S/c1-12-6-9-3-2-4-13(9)11(15)8-5-10(14(16)17)18-7-8/h5,7,9,12H,2-4,6H2,1H3. The zero-order valence-corrected chi connectivity index (χ0v) is 10.9. The molecule has 1 N–H and O–H groups in total. The van der Waals surface area contributed by atoms with Crippen LogP contribution >= 0.6 is 11.3 Å². The van der Waals surface area contributed by atoms with Gasteiger partial charge in [0.2, 0.25) is 0 Å². The van der Waals surface area contributed by atoms with Crippen molar-refractivity contribution in [1.29, 1.82) is 0 Å². The normalized spacial score (nSPS) is 19.2. The molecular weight excluding hydrogens is 254 g/mol. The van der Waals surface area contributed by atoms with E-state index in [9.17, 15) is 14.9 Å². The van der Waals surface area contributed by atoms with Crippen LogP contribution in [0.5, 0.6) is 0 Å². The second-order valence-electron chi connectivity index (χ2n) is 4.28. The molecule has 1 aromatic rings. The van der Waals surface area contributed by atoms with Crippen LogP contribution in [0.3, 0.4) is 0 Å². The summed E-state index contributed by atoms with van der Waals surface area (Å²) in [5.74, 6) is -0.0999. The fourth-order valence-electron chi connectivity index (χ4n) is 2.25. The number of rotatable bonds is 4. The summed E-state index contributed by atoms with van der Waals surface area (Å²) in [6.07, 6.45) is 1.98. The predicted molar refractivity (Wildman–Crippen MR) is 69.0 cm³/mol. The van der Waals surface area contributed by atoms with Crippen molar-refractivity contribution < 1.29 is 9.72 Å². The second-order valence-corrected chi connectivity index (χ2v) is 5.17. The fourth-order valence-corrected chi connectivity index (χ4v) is 2.95. The number of nitrogens with one attached hydrogen (secondary N) is 1. The number of carbonyl (C=O) groups is 1. The predicted octanol–water partition coefficient (Wildman–Crippen LogP) is 1.48. The number of amides is 1. The lowest BCUT2D eigenvalue weighted by Gasteiger charge is -2.23. The van der Waals surface area contributed by atoms with E-state index in [0.29, 0.717) is 5.56 Å². The topological polar surface area (TPSA) is 75.5 Å². The molecule has 0 aliphatic carbocycles. The van der Waals surface area contributed by atoms with Crippen LogP contribution in [-0.4, -0.2) is 41.9 Å². The molecule has 98 valence electrons. The van der Waals surface area contributed by atoms with Crippen molar-refractivity contribution in [2.24, 2.45) is 0 Å². The van der Waals surface area contributed by atoms with Crippen LogP contribution in [-0.2, 0) is 0 Å². The highest BCUT2D eigenvalue weighted by atomic mass is 32.1. The summed E-state index contributed by atoms with van der Waals surface area (Å²) in [6, 6.07) is 1.56. The number of nitrogens with zero attached hydrogens (tertiary/aromatic N) is 2. The molecule has 1 saturated heterocycles. The Kier molecular flexibility index (Phi) is 3.93. The van der Waals surface area contributed by atoms with Crippen molar-refractivity contribution in [1.82, 2.24) is 10.2 Å². The molecule has 1 aliphatic rings. The third-order valence-corrected chi connectivity index (χ3v) is 3.97. The van der Waals surface area contributed by atoms with Crippen LogP contribution in [0.1, 0.15) is 23.2 Å². The SMILES string of the molecule is CNCC1CCCN1C(=O)c1csc([N+](=O)[O-])c1. The van der Waals surface area contributed by atoms with Gasteiger partial charge in [0, 0.05) is 30.6 Å². The molecule has 0 saturated carbocycles. The number of hydrogen-bond donors (Lipinski definition) is 1. The maximum absolute atomic E-state index is 12.3. The maximum Gasteiger partial charge on any atom is 0.324 e. The van der Waals surface area contributed by atoms with E-state index in [1.807, 2.05) is 11.9 Å². The van der Waals surface area contributed by atoms with Gasteiger partial charge in [-0.25, -0.2) is 0 Å². The summed E-state index contributed by atoms with van der Waals surface area (Å²) in [4.78, 5) is 24.2. The lowest BCUT2D eigenvalue weighted by Crippen LogP contribution is -2.40. The molecule has 0 radical (unpaired) electrons. The van der Waals surface area contributed by atoms with Crippen LogP contribution in [0.2, 0.25) is 0 Å². The third-order valence-electron chi connectivity index (χ3n) is 3.09. The molecule has 6 nitrogen and oxygen atoms in total. The van der Waals surface area contributed by atoms with E-state index in [1.165, 1.54) is 6.07 Å². The number of carbonyl (C=O) groups excluding carboxylic acids is 1. The van der Waals surface area contributed by atoms with Gasteiger partial charge in [0.15, 0.2) is 0 Å². The van der Waals surface area contributed by atoms with Gasteiger partial charge in [-0.05, 0) is 19.9 Å². The lowest BCUT2D eigenvalue weighted by molar-refractivity contribution is -0.380. The Balaban J connectivity index is 2.12. The van der Waals surface area contributed by atoms with E-state index < -0.39 is 4.92 Å². The van der Waals surface area contributed by atoms with Crippen molar-refractivity contribution in [2.45, 2.75) is 18.9 Å². The van der Waals surface area contributed by atoms with Crippen molar-refractivity contribution in [3.63, 3.8) is 0 Å². The Bertz CT molecular complexity index is 460. The molecule has 1 amide bonds. The molecule has 7 heteroatoms. The first kappa shape index (κ1) is 13.0. The molecule has 2 rings (SSSR count). The lowest BCUT2D eigenvalue weighted by atomic mass is 10.2. The maximum atomic E-state index is 12.3. The van der Waals surface area contributed by atoms with Crippen LogP contribution in [0.15, 0.2) is 11.4 Å². The Morgan fingerprint density at radius 2 is 2.50 bits per heavy atom. The highest BCUT2D eigenvalue weighted by Crippen LogP contribution is 2.26. The van der Waals surface area contributed by atoms with E-state index >= 15 is 0 Å². The van der Waals surface area contributed by atoms with Gasteiger partial charge in [0.25, 0.3) is 5.91 Å². The molecular formula is C11H15N3O3S. The van der Waals surface area contributed by atoms with Gasteiger partial charge >= 0.3 is 5.00 Å². The van der Waals surface area contributed by atoms with E-state index in [-0.39, 0.29) is 17.0 Å². The first-order valence-corrected chi connectivity index (χ1v) is 6.70. The molecule has 1 aromatic heterocycles. The number of thiophene rings is 1. The molecule has 0 bridgehead atoms. The zero-order valence-electron chi connectivity index (χ0n) is 10.1. The molecule has 1 aliphatic heterocycles. The molecule has 1 atom stereocenters. The quantitative estimate of drug-likeness (QED) is 0.663. The average Bonchev–Trinajstić information content (AvgIpc) is 2.97. The summed E-state index contributed by atoms with van der Waals surface area (Å²) in [5, 5.41) is 15.3. The fraction of sp³-hybridized carbons (Fsp3) is 0.545. The van der Waals surface area contributed by atoms with Crippen LogP contribution in [0.4, 0.5) is 5.00 Å². The van der Waals surface area contributed by atoms with E-state index in [0.717, 1.165) is 37.3 Å². The third kappa shape index (κ3) is 2.51. The van der Waals surface area contributed by atoms with Crippen LogP contribution in [0, 0.1) is 10.1 Å². The minimum Gasteiger partial charge on any atom is -0.334 e. The number of likely N-dealkylation sites (N-methyl/N-ethyl adjacent to an activating group) is 1. The summed E-state index contributed by atoms with van der Waals surface area (Å²) >= 11 is 0.997. The molecule has 2 heterocycles. The Morgan fingerprint density at radius 1 is 1.72 bits per heavy atom. The zero-order chi connectivity index (χ0) is 13.1. The summed E-state index contributed by atoms with van der Waals surface area (Å²) in [7, 11) is 1.86. The second kappa shape index (κ2) is 5.45. The van der Waals surface area contributed by atoms with Gasteiger partial charge in [0.1, 0.15) is 0 Å². The van der Waals surface area contributed by atoms with E-state index in [4.69, 9.17) is 0 Å². The van der Waals surface area contributed by atoms with Gasteiger partial charge in [-0.1, -0.05) is 11.3 Å². The van der Waals surface area contributed by atoms with Gasteiger partial charge in [-0.3, -0.25) is 14.9 Å². The largest absolute Gasteiger partial charge is 0.334 e. The summed E-state index contributed by atoms with van der Waals surface area (Å²) in [6.45, 7) is 1.49. The highest BCUT2D eigenvalue weighted by molar-refractivity contribution is 7.13. The number of likely N-dealkylation sites (tertiary alicyclic amines) is 1. The summed E-state index contributed by atoms with van der Waals surface area (Å²) < 4.78 is 0. The Hall–Kier alpha value is -1.47. The monoisotopic (exact) mass is 269 g/mol. The molecule has 0 aromatic carbocycles. The highest BCUT2D eigenvalue weighted by Gasteiger charge is 2.30. The minimum absolute atomic E-state index is 0.0164. The van der Waals surface area contributed by atoms with Crippen molar-refractivity contribution in [2.75, 3.05) is 20.1 Å². The van der Waals surface area contributed by atoms with Crippen molar-refractivity contribution >= 4 is 22.2 Å². The molecule has 1 unspecified atom stereocenters. The van der Waals surface area contributed by atoms with Crippen LogP contribution in [0.25, 0.3) is 0 Å². The van der Waals surface area contributed by atoms with E-state index in [2.05, 4.69) is 5.32 Å². The smallest absolute Gasteiger partial charge is 0.324 e. The number of nitro groups is 1. The van der Waals surface area contributed by atoms with Gasteiger partial charge in [0.05, 0.1) is 10.5 Å². The van der Waals surface area contributed by atoms with Gasteiger partial charge in [-0.2, -0.15) is 0 Å². The Labute approximate surface area is 109 Å². The molecule has 1 fully saturated rings. The number of hydrogen-bond acceptors (Lipinski definition) is 5. The first-order valence-electron chi connectivity index (χ1n) is 5.82. The Morgan fingerprint density at radius 3 is 3.11 bits per heavy atom. The molecule has 18 heavy (non-hydrogen) atoms. The van der Waals surface area contributed by atoms with Gasteiger partial charge < -0.3 is 10.2 Å². The van der Waals surface area contributed by atoms with Crippen molar-refractivity contribution in [3.8, 4) is 0 Å². The van der Waals surface area contributed by atoms with Crippen LogP contribution < -0.4 is 5.32 Å². The average molecular weight is 269 g/mol. The molecule has 0 spiro atoms. The minimum atomic E-state index is -0.462. The summed E-state index contributed by atoms with van der Waals surface area (Å²) in [5.41, 5.74) is 0.426. The van der Waals surface area contributed by atoms with Gasteiger partial charge in [-0.15, -0.1) is 0 Å².